The smallest absolute Gasteiger partial charge is 0.142 e. The lowest BCUT2D eigenvalue weighted by Gasteiger charge is -2.67. The number of hydrogen-bond acceptors (Lipinski definition) is 4. The lowest BCUT2D eigenvalue weighted by atomic mass is 9.38. The van der Waals surface area contributed by atoms with Gasteiger partial charge in [0.25, 0.3) is 0 Å². The van der Waals surface area contributed by atoms with E-state index < -0.39 is 0 Å². The predicted molar refractivity (Wildman–Crippen MR) is 186 cm³/mol. The first-order chi connectivity index (χ1) is 20.7. The highest BCUT2D eigenvalue weighted by Crippen LogP contribution is 2.74. The summed E-state index contributed by atoms with van der Waals surface area (Å²) >= 11 is 0. The van der Waals surface area contributed by atoms with E-state index in [4.69, 9.17) is 20.9 Å². The SMILES string of the molecule is CC(C)CCCC(C)C1CC[C@@]2(C)C3CCC4C(C)(C)C(OCC=CCOc5ccc(N)cc5N)CCC4(C)C3CCC12C. The lowest BCUT2D eigenvalue weighted by molar-refractivity contribution is -0.207. The van der Waals surface area contributed by atoms with E-state index in [0.29, 0.717) is 52.7 Å². The Morgan fingerprint density at radius 2 is 1.55 bits per heavy atom. The van der Waals surface area contributed by atoms with Gasteiger partial charge in [0.15, 0.2) is 0 Å². The molecule has 44 heavy (non-hydrogen) atoms. The Balaban J connectivity index is 1.19. The Morgan fingerprint density at radius 3 is 2.27 bits per heavy atom. The second kappa shape index (κ2) is 12.8. The Morgan fingerprint density at radius 1 is 0.818 bits per heavy atom. The molecule has 8 unspecified atom stereocenters. The van der Waals surface area contributed by atoms with Crippen LogP contribution in [0.1, 0.15) is 126 Å². The Kier molecular flexibility index (Phi) is 9.83. The molecule has 0 heterocycles. The third-order valence-electron chi connectivity index (χ3n) is 14.5. The molecule has 9 atom stereocenters. The molecule has 0 spiro atoms. The fourth-order valence-corrected chi connectivity index (χ4v) is 11.9. The predicted octanol–water partition coefficient (Wildman–Crippen LogP) is 10.3. The van der Waals surface area contributed by atoms with Gasteiger partial charge in [-0.2, -0.15) is 0 Å². The molecule has 0 amide bonds. The fraction of sp³-hybridized carbons (Fsp3) is 0.800. The maximum atomic E-state index is 6.63. The van der Waals surface area contributed by atoms with Gasteiger partial charge in [-0.05, 0) is 133 Å². The molecule has 1 aromatic carbocycles. The van der Waals surface area contributed by atoms with Gasteiger partial charge in [0.05, 0.1) is 18.4 Å². The van der Waals surface area contributed by atoms with Crippen LogP contribution in [-0.4, -0.2) is 19.3 Å². The first-order valence-corrected chi connectivity index (χ1v) is 18.3. The highest BCUT2D eigenvalue weighted by molar-refractivity contribution is 5.60. The van der Waals surface area contributed by atoms with Crippen LogP contribution in [0.4, 0.5) is 11.4 Å². The summed E-state index contributed by atoms with van der Waals surface area (Å²) < 4.78 is 12.5. The molecular weight excluding hydrogens is 540 g/mol. The van der Waals surface area contributed by atoms with Crippen LogP contribution in [-0.2, 0) is 4.74 Å². The summed E-state index contributed by atoms with van der Waals surface area (Å²) in [5, 5.41) is 0. The second-order valence-electron chi connectivity index (χ2n) is 17.4. The third-order valence-corrected chi connectivity index (χ3v) is 14.5. The minimum atomic E-state index is 0.186. The van der Waals surface area contributed by atoms with E-state index in [9.17, 15) is 0 Å². The van der Waals surface area contributed by atoms with Crippen LogP contribution in [0.2, 0.25) is 0 Å². The lowest BCUT2D eigenvalue weighted by Crippen LogP contribution is -2.61. The fourth-order valence-electron chi connectivity index (χ4n) is 11.9. The molecule has 4 aliphatic carbocycles. The molecule has 0 aromatic heterocycles. The highest BCUT2D eigenvalue weighted by atomic mass is 16.5. The summed E-state index contributed by atoms with van der Waals surface area (Å²) in [5.41, 5.74) is 14.7. The van der Waals surface area contributed by atoms with Crippen LogP contribution in [0.15, 0.2) is 30.4 Å². The Hall–Kier alpha value is -1.68. The van der Waals surface area contributed by atoms with Crippen LogP contribution in [0.5, 0.6) is 5.75 Å². The molecule has 4 aliphatic rings. The molecule has 248 valence electrons. The summed E-state index contributed by atoms with van der Waals surface area (Å²) in [6, 6.07) is 5.39. The van der Waals surface area contributed by atoms with Crippen molar-refractivity contribution in [2.24, 2.45) is 57.2 Å². The highest BCUT2D eigenvalue weighted by Gasteiger charge is 2.67. The molecule has 4 heteroatoms. The van der Waals surface area contributed by atoms with Crippen LogP contribution >= 0.6 is 0 Å². The van der Waals surface area contributed by atoms with Gasteiger partial charge in [-0.3, -0.25) is 0 Å². The quantitative estimate of drug-likeness (QED) is 0.194. The van der Waals surface area contributed by atoms with Crippen molar-refractivity contribution in [3.8, 4) is 5.75 Å². The summed E-state index contributed by atoms with van der Waals surface area (Å²) in [6.07, 6.45) is 19.8. The zero-order chi connectivity index (χ0) is 31.9. The molecule has 4 nitrogen and oxygen atoms in total. The van der Waals surface area contributed by atoms with Crippen molar-refractivity contribution in [3.05, 3.63) is 30.4 Å². The van der Waals surface area contributed by atoms with Crippen molar-refractivity contribution >= 4 is 11.4 Å². The normalized spacial score (nSPS) is 38.7. The van der Waals surface area contributed by atoms with Crippen molar-refractivity contribution in [2.75, 3.05) is 24.7 Å². The molecule has 0 saturated heterocycles. The number of rotatable bonds is 11. The summed E-state index contributed by atoms with van der Waals surface area (Å²) in [5.74, 6) is 5.78. The number of benzene rings is 1. The zero-order valence-corrected chi connectivity index (χ0v) is 29.6. The van der Waals surface area contributed by atoms with Gasteiger partial charge in [-0.25, -0.2) is 0 Å². The molecule has 1 aromatic rings. The van der Waals surface area contributed by atoms with E-state index in [2.05, 4.69) is 61.5 Å². The second-order valence-corrected chi connectivity index (χ2v) is 17.4. The van der Waals surface area contributed by atoms with E-state index in [-0.39, 0.29) is 5.41 Å². The minimum Gasteiger partial charge on any atom is -0.487 e. The summed E-state index contributed by atoms with van der Waals surface area (Å²) in [6.45, 7) is 21.7. The standard InChI is InChI=1S/C40H66N2O2/c1-27(2)12-11-13-28(3)30-18-22-40(8)32-15-17-35-37(4,5)36(20-21-38(35,6)31(32)19-23-39(30,40)7)44-25-10-9-24-43-34-16-14-29(41)26-33(34)42/h9-10,14,16,26-28,30-32,35-36H,11-13,15,17-25,41-42H2,1-8H3/t28?,30?,31?,32?,35?,36?,38?,39?,40-/m0/s1. The zero-order valence-electron chi connectivity index (χ0n) is 29.6. The van der Waals surface area contributed by atoms with Crippen molar-refractivity contribution < 1.29 is 9.47 Å². The molecular formula is C40H66N2O2. The number of ether oxygens (including phenoxy) is 2. The summed E-state index contributed by atoms with van der Waals surface area (Å²) in [4.78, 5) is 0. The number of nitrogens with two attached hydrogens (primary N) is 2. The number of hydrogen-bond donors (Lipinski definition) is 2. The van der Waals surface area contributed by atoms with Gasteiger partial charge in [0.2, 0.25) is 0 Å². The number of fused-ring (bicyclic) bond motifs is 5. The number of nitrogen functional groups attached to an aromatic ring is 2. The van der Waals surface area contributed by atoms with E-state index in [0.717, 1.165) is 35.5 Å². The van der Waals surface area contributed by atoms with Crippen LogP contribution in [0.3, 0.4) is 0 Å². The van der Waals surface area contributed by atoms with Crippen molar-refractivity contribution in [1.82, 2.24) is 0 Å². The third kappa shape index (κ3) is 5.95. The van der Waals surface area contributed by atoms with Crippen molar-refractivity contribution in [2.45, 2.75) is 132 Å². The van der Waals surface area contributed by atoms with Gasteiger partial charge in [0.1, 0.15) is 12.4 Å². The maximum Gasteiger partial charge on any atom is 0.142 e. The molecule has 4 fully saturated rings. The van der Waals surface area contributed by atoms with Crippen LogP contribution in [0, 0.1) is 57.2 Å². The van der Waals surface area contributed by atoms with Gasteiger partial charge >= 0.3 is 0 Å². The average Bonchev–Trinajstić information content (AvgIpc) is 3.23. The van der Waals surface area contributed by atoms with Gasteiger partial charge in [0, 0.05) is 5.69 Å². The topological polar surface area (TPSA) is 70.5 Å². The molecule has 4 saturated carbocycles. The molecule has 5 rings (SSSR count). The molecule has 0 aliphatic heterocycles. The van der Waals surface area contributed by atoms with E-state index in [1.54, 1.807) is 6.07 Å². The van der Waals surface area contributed by atoms with Crippen LogP contribution < -0.4 is 16.2 Å². The van der Waals surface area contributed by atoms with Crippen LogP contribution in [0.25, 0.3) is 0 Å². The largest absolute Gasteiger partial charge is 0.487 e. The van der Waals surface area contributed by atoms with E-state index >= 15 is 0 Å². The van der Waals surface area contributed by atoms with E-state index in [1.165, 1.54) is 70.6 Å². The van der Waals surface area contributed by atoms with E-state index in [1.807, 2.05) is 18.2 Å². The minimum absolute atomic E-state index is 0.186. The number of anilines is 2. The first kappa shape index (κ1) is 33.7. The Bertz CT molecular complexity index is 1160. The summed E-state index contributed by atoms with van der Waals surface area (Å²) in [7, 11) is 0. The Labute approximate surface area is 270 Å². The van der Waals surface area contributed by atoms with Gasteiger partial charge < -0.3 is 20.9 Å². The van der Waals surface area contributed by atoms with Gasteiger partial charge in [-0.15, -0.1) is 0 Å². The first-order valence-electron chi connectivity index (χ1n) is 18.3. The average molecular weight is 607 g/mol. The monoisotopic (exact) mass is 607 g/mol. The van der Waals surface area contributed by atoms with Crippen molar-refractivity contribution in [1.29, 1.82) is 0 Å². The van der Waals surface area contributed by atoms with Crippen molar-refractivity contribution in [3.63, 3.8) is 0 Å². The van der Waals surface area contributed by atoms with Gasteiger partial charge in [-0.1, -0.05) is 80.7 Å². The molecule has 0 radical (unpaired) electrons. The molecule has 0 bridgehead atoms. The molecule has 4 N–H and O–H groups in total. The maximum absolute atomic E-state index is 6.63.